The molecule has 2 nitrogen and oxygen atoms in total. The van der Waals surface area contributed by atoms with E-state index in [1.165, 1.54) is 4.90 Å². The SMILES string of the molecule is CCC1CCN(c2c(F)c(F)c(F)c(F)c2F)CCCN1. The van der Waals surface area contributed by atoms with Crippen LogP contribution in [-0.2, 0) is 0 Å². The molecule has 1 atom stereocenters. The molecule has 1 aliphatic rings. The van der Waals surface area contributed by atoms with Crippen molar-refractivity contribution >= 4 is 5.69 Å². The summed E-state index contributed by atoms with van der Waals surface area (Å²) in [6.45, 7) is 3.10. The van der Waals surface area contributed by atoms with E-state index < -0.39 is 34.8 Å². The third-order valence-electron chi connectivity index (χ3n) is 3.78. The fourth-order valence-electron chi connectivity index (χ4n) is 2.54. The van der Waals surface area contributed by atoms with E-state index in [2.05, 4.69) is 5.32 Å². The number of nitrogens with one attached hydrogen (secondary N) is 1. The molecule has 2 rings (SSSR count). The Bertz CT molecular complexity index is 492. The largest absolute Gasteiger partial charge is 0.366 e. The lowest BCUT2D eigenvalue weighted by Gasteiger charge is -2.31. The molecular formula is C14H17F5N2. The van der Waals surface area contributed by atoms with Crippen LogP contribution >= 0.6 is 0 Å². The van der Waals surface area contributed by atoms with E-state index in [-0.39, 0.29) is 19.1 Å². The van der Waals surface area contributed by atoms with Gasteiger partial charge in [-0.25, -0.2) is 22.0 Å². The summed E-state index contributed by atoms with van der Waals surface area (Å²) in [4.78, 5) is 1.25. The highest BCUT2D eigenvalue weighted by Crippen LogP contribution is 2.30. The molecule has 1 aromatic rings. The summed E-state index contributed by atoms with van der Waals surface area (Å²) in [5, 5.41) is 3.28. The predicted molar refractivity (Wildman–Crippen MR) is 69.8 cm³/mol. The average Bonchev–Trinajstić information content (AvgIpc) is 2.46. The highest BCUT2D eigenvalue weighted by Gasteiger charge is 2.29. The van der Waals surface area contributed by atoms with Gasteiger partial charge in [0.15, 0.2) is 23.3 Å². The van der Waals surface area contributed by atoms with Gasteiger partial charge in [-0.2, -0.15) is 0 Å². The minimum Gasteiger partial charge on any atom is -0.366 e. The van der Waals surface area contributed by atoms with Crippen LogP contribution in [0.5, 0.6) is 0 Å². The Hall–Kier alpha value is -1.37. The maximum Gasteiger partial charge on any atom is 0.200 e. The summed E-state index contributed by atoms with van der Waals surface area (Å²) in [5.74, 6) is -9.41. The molecule has 0 radical (unpaired) electrons. The lowest BCUT2D eigenvalue weighted by atomic mass is 10.1. The van der Waals surface area contributed by atoms with Crippen LogP contribution in [0.25, 0.3) is 0 Å². The molecule has 1 fully saturated rings. The zero-order valence-electron chi connectivity index (χ0n) is 11.7. The van der Waals surface area contributed by atoms with Crippen LogP contribution in [0.1, 0.15) is 26.2 Å². The molecule has 0 spiro atoms. The number of hydrogen-bond acceptors (Lipinski definition) is 2. The maximum absolute atomic E-state index is 13.8. The van der Waals surface area contributed by atoms with Gasteiger partial charge in [-0.3, -0.25) is 0 Å². The molecule has 1 aromatic carbocycles. The Morgan fingerprint density at radius 1 is 0.952 bits per heavy atom. The molecule has 0 saturated carbocycles. The Morgan fingerprint density at radius 3 is 2.10 bits per heavy atom. The molecular weight excluding hydrogens is 291 g/mol. The van der Waals surface area contributed by atoms with Crippen molar-refractivity contribution in [2.75, 3.05) is 24.5 Å². The van der Waals surface area contributed by atoms with Crippen LogP contribution in [0, 0.1) is 29.1 Å². The highest BCUT2D eigenvalue weighted by atomic mass is 19.2. The van der Waals surface area contributed by atoms with Crippen LogP contribution in [0.15, 0.2) is 0 Å². The van der Waals surface area contributed by atoms with Gasteiger partial charge in [0.25, 0.3) is 0 Å². The lowest BCUT2D eigenvalue weighted by molar-refractivity contribution is 0.374. The van der Waals surface area contributed by atoms with Crippen molar-refractivity contribution in [2.45, 2.75) is 32.2 Å². The summed E-state index contributed by atoms with van der Waals surface area (Å²) in [5.41, 5.74) is -0.817. The van der Waals surface area contributed by atoms with Crippen molar-refractivity contribution in [3.05, 3.63) is 29.1 Å². The molecule has 1 heterocycles. The third-order valence-corrected chi connectivity index (χ3v) is 3.78. The third kappa shape index (κ3) is 3.12. The Morgan fingerprint density at radius 2 is 1.52 bits per heavy atom. The van der Waals surface area contributed by atoms with E-state index in [1.54, 1.807) is 0 Å². The average molecular weight is 308 g/mol. The molecule has 0 bridgehead atoms. The summed E-state index contributed by atoms with van der Waals surface area (Å²) in [6, 6.07) is 0.175. The first kappa shape index (κ1) is 16.0. The van der Waals surface area contributed by atoms with E-state index in [0.717, 1.165) is 6.42 Å². The summed E-state index contributed by atoms with van der Waals surface area (Å²) < 4.78 is 67.3. The van der Waals surface area contributed by atoms with Gasteiger partial charge in [0.2, 0.25) is 5.82 Å². The van der Waals surface area contributed by atoms with Crippen LogP contribution < -0.4 is 10.2 Å². The van der Waals surface area contributed by atoms with Crippen LogP contribution in [-0.4, -0.2) is 25.7 Å². The van der Waals surface area contributed by atoms with Gasteiger partial charge in [0.1, 0.15) is 5.69 Å². The van der Waals surface area contributed by atoms with E-state index in [0.29, 0.717) is 19.4 Å². The summed E-state index contributed by atoms with van der Waals surface area (Å²) in [6.07, 6.45) is 1.98. The summed E-state index contributed by atoms with van der Waals surface area (Å²) >= 11 is 0. The molecule has 1 unspecified atom stereocenters. The lowest BCUT2D eigenvalue weighted by Crippen LogP contribution is -2.40. The van der Waals surface area contributed by atoms with Crippen molar-refractivity contribution in [3.63, 3.8) is 0 Å². The van der Waals surface area contributed by atoms with E-state index in [4.69, 9.17) is 0 Å². The summed E-state index contributed by atoms with van der Waals surface area (Å²) in [7, 11) is 0. The first-order chi connectivity index (χ1) is 9.97. The quantitative estimate of drug-likeness (QED) is 0.512. The van der Waals surface area contributed by atoms with Gasteiger partial charge in [0.05, 0.1) is 0 Å². The maximum atomic E-state index is 13.8. The molecule has 118 valence electrons. The molecule has 21 heavy (non-hydrogen) atoms. The second-order valence-corrected chi connectivity index (χ2v) is 5.11. The van der Waals surface area contributed by atoms with Gasteiger partial charge < -0.3 is 10.2 Å². The van der Waals surface area contributed by atoms with E-state index in [1.807, 2.05) is 6.92 Å². The van der Waals surface area contributed by atoms with Crippen molar-refractivity contribution in [3.8, 4) is 0 Å². The number of halogens is 5. The van der Waals surface area contributed by atoms with Crippen LogP contribution in [0.3, 0.4) is 0 Å². The fourth-order valence-corrected chi connectivity index (χ4v) is 2.54. The van der Waals surface area contributed by atoms with E-state index >= 15 is 0 Å². The zero-order valence-corrected chi connectivity index (χ0v) is 11.7. The first-order valence-electron chi connectivity index (χ1n) is 6.97. The molecule has 0 aromatic heterocycles. The van der Waals surface area contributed by atoms with Crippen molar-refractivity contribution < 1.29 is 22.0 Å². The van der Waals surface area contributed by atoms with Crippen molar-refractivity contribution in [1.82, 2.24) is 5.32 Å². The Kier molecular flexibility index (Phi) is 5.03. The number of hydrogen-bond donors (Lipinski definition) is 1. The topological polar surface area (TPSA) is 15.3 Å². The number of nitrogens with zero attached hydrogens (tertiary/aromatic N) is 1. The predicted octanol–water partition coefficient (Wildman–Crippen LogP) is 3.35. The van der Waals surface area contributed by atoms with Gasteiger partial charge >= 0.3 is 0 Å². The zero-order chi connectivity index (χ0) is 15.6. The van der Waals surface area contributed by atoms with Gasteiger partial charge in [-0.05, 0) is 25.8 Å². The minimum atomic E-state index is -2.12. The van der Waals surface area contributed by atoms with Gasteiger partial charge in [-0.15, -0.1) is 0 Å². The normalized spacial score (nSPS) is 20.3. The monoisotopic (exact) mass is 308 g/mol. The van der Waals surface area contributed by atoms with Gasteiger partial charge in [0, 0.05) is 19.1 Å². The van der Waals surface area contributed by atoms with Crippen molar-refractivity contribution in [1.29, 1.82) is 0 Å². The first-order valence-corrected chi connectivity index (χ1v) is 6.97. The van der Waals surface area contributed by atoms with E-state index in [9.17, 15) is 22.0 Å². The second-order valence-electron chi connectivity index (χ2n) is 5.11. The number of anilines is 1. The Balaban J connectivity index is 2.36. The van der Waals surface area contributed by atoms with Crippen LogP contribution in [0.4, 0.5) is 27.6 Å². The number of benzene rings is 1. The van der Waals surface area contributed by atoms with Gasteiger partial charge in [-0.1, -0.05) is 6.92 Å². The minimum absolute atomic E-state index is 0.175. The number of rotatable bonds is 2. The molecule has 7 heteroatoms. The highest BCUT2D eigenvalue weighted by molar-refractivity contribution is 5.50. The molecule has 0 amide bonds. The molecule has 1 aliphatic heterocycles. The van der Waals surface area contributed by atoms with Crippen molar-refractivity contribution in [2.24, 2.45) is 0 Å². The second kappa shape index (κ2) is 6.60. The fraction of sp³-hybridized carbons (Fsp3) is 0.571. The van der Waals surface area contributed by atoms with Crippen LogP contribution in [0.2, 0.25) is 0 Å². The smallest absolute Gasteiger partial charge is 0.200 e. The standard InChI is InChI=1S/C14H17F5N2/c1-2-8-4-7-21(6-3-5-20-8)14-12(18)10(16)9(15)11(17)13(14)19/h8,20H,2-7H2,1H3. The molecule has 1 N–H and O–H groups in total. The molecule has 1 saturated heterocycles. The Labute approximate surface area is 119 Å². The molecule has 0 aliphatic carbocycles.